The highest BCUT2D eigenvalue weighted by Gasteiger charge is 2.16. The van der Waals surface area contributed by atoms with Crippen LogP contribution in [0.2, 0.25) is 5.15 Å². The summed E-state index contributed by atoms with van der Waals surface area (Å²) >= 11 is 9.28. The van der Waals surface area contributed by atoms with E-state index in [4.69, 9.17) is 11.6 Å². The van der Waals surface area contributed by atoms with Crippen molar-refractivity contribution in [3.63, 3.8) is 0 Å². The number of hydrogen-bond acceptors (Lipinski definition) is 3. The molecule has 0 fully saturated rings. The summed E-state index contributed by atoms with van der Waals surface area (Å²) in [5.41, 5.74) is 1.17. The first-order valence-corrected chi connectivity index (χ1v) is 8.17. The van der Waals surface area contributed by atoms with Crippen molar-refractivity contribution in [3.8, 4) is 5.69 Å². The zero-order valence-electron chi connectivity index (χ0n) is 12.4. The Kier molecular flexibility index (Phi) is 4.12. The fourth-order valence-corrected chi connectivity index (χ4v) is 2.98. The second-order valence-electron chi connectivity index (χ2n) is 5.44. The lowest BCUT2D eigenvalue weighted by molar-refractivity contribution is 0.834. The van der Waals surface area contributed by atoms with Crippen LogP contribution >= 0.6 is 27.5 Å². The quantitative estimate of drug-likeness (QED) is 0.675. The van der Waals surface area contributed by atoms with E-state index in [2.05, 4.69) is 25.9 Å². The van der Waals surface area contributed by atoms with Gasteiger partial charge in [0.15, 0.2) is 5.52 Å². The second kappa shape index (κ2) is 5.94. The van der Waals surface area contributed by atoms with Crippen LogP contribution in [0.25, 0.3) is 16.7 Å². The maximum atomic E-state index is 12.5. The Morgan fingerprint density at radius 3 is 2.65 bits per heavy atom. The summed E-state index contributed by atoms with van der Waals surface area (Å²) in [6.45, 7) is 4.09. The Morgan fingerprint density at radius 2 is 1.96 bits per heavy atom. The van der Waals surface area contributed by atoms with E-state index in [1.54, 1.807) is 6.07 Å². The van der Waals surface area contributed by atoms with Gasteiger partial charge in [-0.15, -0.1) is 0 Å². The number of nitrogens with zero attached hydrogens (tertiary/aromatic N) is 2. The molecule has 0 aliphatic rings. The highest BCUT2D eigenvalue weighted by molar-refractivity contribution is 9.10. The molecule has 0 aliphatic heterocycles. The van der Waals surface area contributed by atoms with Gasteiger partial charge in [-0.1, -0.05) is 43.6 Å². The Bertz CT molecular complexity index is 1020. The van der Waals surface area contributed by atoms with Gasteiger partial charge in [-0.3, -0.25) is 14.3 Å². The molecule has 0 saturated carbocycles. The van der Waals surface area contributed by atoms with Gasteiger partial charge in [0, 0.05) is 0 Å². The number of benzene rings is 1. The third-order valence-electron chi connectivity index (χ3n) is 3.59. The van der Waals surface area contributed by atoms with Gasteiger partial charge in [0.2, 0.25) is 0 Å². The third-order valence-corrected chi connectivity index (χ3v) is 4.71. The minimum absolute atomic E-state index is 0.122. The van der Waals surface area contributed by atoms with Crippen molar-refractivity contribution in [1.29, 1.82) is 0 Å². The normalized spacial score (nSPS) is 11.3. The lowest BCUT2D eigenvalue weighted by Crippen LogP contribution is -2.30. The van der Waals surface area contributed by atoms with Crippen molar-refractivity contribution >= 4 is 38.6 Å². The minimum atomic E-state index is -0.558. The Hall–Kier alpha value is -1.92. The van der Waals surface area contributed by atoms with Crippen LogP contribution in [0, 0.1) is 0 Å². The molecule has 2 aromatic heterocycles. The maximum Gasteiger partial charge on any atom is 0.333 e. The van der Waals surface area contributed by atoms with Crippen LogP contribution < -0.4 is 11.2 Å². The molecule has 23 heavy (non-hydrogen) atoms. The number of H-pyrrole nitrogens is 1. The molecule has 118 valence electrons. The summed E-state index contributed by atoms with van der Waals surface area (Å²) in [5, 5.41) is 0.172. The molecule has 3 aromatic rings. The van der Waals surface area contributed by atoms with E-state index in [0.717, 1.165) is 5.56 Å². The molecule has 0 unspecified atom stereocenters. The van der Waals surface area contributed by atoms with Gasteiger partial charge < -0.3 is 0 Å². The number of aromatic amines is 1. The second-order valence-corrected chi connectivity index (χ2v) is 6.65. The average molecular weight is 395 g/mol. The van der Waals surface area contributed by atoms with E-state index < -0.39 is 11.2 Å². The first-order valence-electron chi connectivity index (χ1n) is 7.00. The van der Waals surface area contributed by atoms with E-state index in [1.807, 2.05) is 38.1 Å². The van der Waals surface area contributed by atoms with E-state index in [1.165, 1.54) is 4.57 Å². The van der Waals surface area contributed by atoms with Crippen molar-refractivity contribution in [2.75, 3.05) is 0 Å². The molecular weight excluding hydrogens is 382 g/mol. The van der Waals surface area contributed by atoms with Crippen LogP contribution in [0.5, 0.6) is 0 Å². The molecule has 3 rings (SSSR count). The van der Waals surface area contributed by atoms with Gasteiger partial charge in [-0.25, -0.2) is 9.78 Å². The number of aromatic nitrogens is 3. The summed E-state index contributed by atoms with van der Waals surface area (Å²) in [7, 11) is 0. The summed E-state index contributed by atoms with van der Waals surface area (Å²) in [5.74, 6) is 0.212. The molecule has 0 aliphatic carbocycles. The number of para-hydroxylation sites is 1. The average Bonchev–Trinajstić information content (AvgIpc) is 2.50. The number of halogens is 2. The van der Waals surface area contributed by atoms with E-state index in [-0.39, 0.29) is 16.6 Å². The SMILES string of the molecule is CC(C)c1ccccc1-n1c(=O)[nH]c(=O)c2nc(Cl)c(Br)cc21. The zero-order chi connectivity index (χ0) is 16.7. The van der Waals surface area contributed by atoms with Crippen molar-refractivity contribution in [2.45, 2.75) is 19.8 Å². The first kappa shape index (κ1) is 16.0. The van der Waals surface area contributed by atoms with Gasteiger partial charge in [0.05, 0.1) is 15.7 Å². The Morgan fingerprint density at radius 1 is 1.26 bits per heavy atom. The van der Waals surface area contributed by atoms with Crippen LogP contribution in [0.3, 0.4) is 0 Å². The molecule has 0 saturated heterocycles. The fraction of sp³-hybridized carbons (Fsp3) is 0.188. The van der Waals surface area contributed by atoms with Gasteiger partial charge in [-0.2, -0.15) is 0 Å². The van der Waals surface area contributed by atoms with E-state index >= 15 is 0 Å². The van der Waals surface area contributed by atoms with Crippen LogP contribution in [-0.2, 0) is 0 Å². The summed E-state index contributed by atoms with van der Waals surface area (Å²) in [4.78, 5) is 30.9. The largest absolute Gasteiger partial charge is 0.333 e. The lowest BCUT2D eigenvalue weighted by atomic mass is 10.0. The molecule has 0 spiro atoms. The molecule has 1 aromatic carbocycles. The Labute approximate surface area is 145 Å². The topological polar surface area (TPSA) is 67.8 Å². The molecule has 0 atom stereocenters. The highest BCUT2D eigenvalue weighted by atomic mass is 79.9. The maximum absolute atomic E-state index is 12.5. The molecule has 7 heteroatoms. The highest BCUT2D eigenvalue weighted by Crippen LogP contribution is 2.27. The summed E-state index contributed by atoms with van der Waals surface area (Å²) in [6.07, 6.45) is 0. The monoisotopic (exact) mass is 393 g/mol. The zero-order valence-corrected chi connectivity index (χ0v) is 14.8. The van der Waals surface area contributed by atoms with Gasteiger partial charge in [0.25, 0.3) is 5.56 Å². The standard InChI is InChI=1S/C16H13BrClN3O2/c1-8(2)9-5-3-4-6-11(9)21-12-7-10(17)14(18)19-13(12)15(22)20-16(21)23/h3-8H,1-2H3,(H,20,22,23). The molecular formula is C16H13BrClN3O2. The minimum Gasteiger partial charge on any atom is -0.272 e. The Balaban J connectivity index is 2.51. The first-order chi connectivity index (χ1) is 10.9. The molecule has 0 bridgehead atoms. The van der Waals surface area contributed by atoms with Crippen molar-refractivity contribution < 1.29 is 0 Å². The third kappa shape index (κ3) is 2.72. The molecule has 0 radical (unpaired) electrons. The molecule has 0 amide bonds. The van der Waals surface area contributed by atoms with Gasteiger partial charge in [-0.05, 0) is 39.5 Å². The van der Waals surface area contributed by atoms with E-state index in [9.17, 15) is 9.59 Å². The van der Waals surface area contributed by atoms with Crippen LogP contribution in [-0.4, -0.2) is 14.5 Å². The van der Waals surface area contributed by atoms with Gasteiger partial charge in [0.1, 0.15) is 5.15 Å². The molecule has 2 heterocycles. The summed E-state index contributed by atoms with van der Waals surface area (Å²) in [6, 6.07) is 9.21. The van der Waals surface area contributed by atoms with Crippen molar-refractivity contribution in [3.05, 3.63) is 66.4 Å². The summed E-state index contributed by atoms with van der Waals surface area (Å²) < 4.78 is 1.98. The lowest BCUT2D eigenvalue weighted by Gasteiger charge is -2.16. The molecule has 1 N–H and O–H groups in total. The number of nitrogens with one attached hydrogen (secondary N) is 1. The molecule has 5 nitrogen and oxygen atoms in total. The predicted octanol–water partition coefficient (Wildman–Crippen LogP) is 3.61. The number of fused-ring (bicyclic) bond motifs is 1. The van der Waals surface area contributed by atoms with Gasteiger partial charge >= 0.3 is 5.69 Å². The number of rotatable bonds is 2. The van der Waals surface area contributed by atoms with Crippen molar-refractivity contribution in [2.24, 2.45) is 0 Å². The number of pyridine rings is 1. The van der Waals surface area contributed by atoms with E-state index in [0.29, 0.717) is 15.7 Å². The van der Waals surface area contributed by atoms with Crippen LogP contribution in [0.4, 0.5) is 0 Å². The predicted molar refractivity (Wildman–Crippen MR) is 94.8 cm³/mol. The van der Waals surface area contributed by atoms with Crippen LogP contribution in [0.15, 0.2) is 44.4 Å². The smallest absolute Gasteiger partial charge is 0.272 e. The van der Waals surface area contributed by atoms with Crippen LogP contribution in [0.1, 0.15) is 25.3 Å². The van der Waals surface area contributed by atoms with Crippen molar-refractivity contribution in [1.82, 2.24) is 14.5 Å². The fourth-order valence-electron chi connectivity index (χ4n) is 2.53. The number of hydrogen-bond donors (Lipinski definition) is 1.